The van der Waals surface area contributed by atoms with Crippen molar-refractivity contribution < 1.29 is 9.59 Å². The van der Waals surface area contributed by atoms with E-state index in [1.54, 1.807) is 30.5 Å². The number of aryl methyl sites for hydroxylation is 2. The van der Waals surface area contributed by atoms with Gasteiger partial charge in [0.2, 0.25) is 5.91 Å². The van der Waals surface area contributed by atoms with Gasteiger partial charge in [0.25, 0.3) is 5.91 Å². The second kappa shape index (κ2) is 8.84. The molecule has 3 aromatic rings. The van der Waals surface area contributed by atoms with E-state index in [4.69, 9.17) is 10.2 Å². The van der Waals surface area contributed by atoms with Gasteiger partial charge >= 0.3 is 0 Å². The normalized spacial score (nSPS) is 21.4. The van der Waals surface area contributed by atoms with E-state index in [1.165, 1.54) is 5.56 Å². The third kappa shape index (κ3) is 3.97. The predicted molar refractivity (Wildman–Crippen MR) is 135 cm³/mol. The molecule has 2 aliphatic rings. The highest BCUT2D eigenvalue weighted by atomic mass is 16.2. The van der Waals surface area contributed by atoms with Crippen molar-refractivity contribution in [3.63, 3.8) is 0 Å². The third-order valence-electron chi connectivity index (χ3n) is 7.77. The minimum atomic E-state index is -0.260. The SMILES string of the molecule is Cc1c(NC(=O)c2cccc(C#N)c2)cnc2c1c(C1C3CCC1CN(C(=O)C(C)C)C3)cn2C. The summed E-state index contributed by atoms with van der Waals surface area (Å²) in [7, 11) is 2.02. The van der Waals surface area contributed by atoms with Gasteiger partial charge in [-0.1, -0.05) is 19.9 Å². The van der Waals surface area contributed by atoms with Crippen LogP contribution in [0.5, 0.6) is 0 Å². The summed E-state index contributed by atoms with van der Waals surface area (Å²) in [6, 6.07) is 8.77. The van der Waals surface area contributed by atoms with Gasteiger partial charge in [0, 0.05) is 43.2 Å². The Hall–Kier alpha value is -3.66. The predicted octanol–water partition coefficient (Wildman–Crippen LogP) is 4.61. The molecule has 2 fully saturated rings. The van der Waals surface area contributed by atoms with Crippen LogP contribution in [0.25, 0.3) is 11.0 Å². The van der Waals surface area contributed by atoms with Crippen molar-refractivity contribution in [2.75, 3.05) is 18.4 Å². The number of carbonyl (C=O) groups excluding carboxylic acids is 2. The highest BCUT2D eigenvalue weighted by Crippen LogP contribution is 2.50. The summed E-state index contributed by atoms with van der Waals surface area (Å²) < 4.78 is 2.07. The number of likely N-dealkylation sites (tertiary alicyclic amines) is 1. The Balaban J connectivity index is 1.48. The number of hydrogen-bond donors (Lipinski definition) is 1. The fraction of sp³-hybridized carbons (Fsp3) is 0.429. The Morgan fingerprint density at radius 2 is 1.91 bits per heavy atom. The molecule has 1 aromatic carbocycles. The van der Waals surface area contributed by atoms with Crippen LogP contribution < -0.4 is 5.32 Å². The molecular formula is C28H31N5O2. The number of anilines is 1. The van der Waals surface area contributed by atoms with E-state index >= 15 is 0 Å². The summed E-state index contributed by atoms with van der Waals surface area (Å²) in [4.78, 5) is 32.4. The molecule has 2 aromatic heterocycles. The van der Waals surface area contributed by atoms with Crippen LogP contribution in [-0.2, 0) is 11.8 Å². The van der Waals surface area contributed by atoms with E-state index in [0.717, 1.165) is 42.5 Å². The Morgan fingerprint density at radius 3 is 2.57 bits per heavy atom. The molecule has 1 N–H and O–H groups in total. The minimum absolute atomic E-state index is 0.0231. The molecule has 1 saturated carbocycles. The molecule has 5 rings (SSSR count). The third-order valence-corrected chi connectivity index (χ3v) is 7.77. The number of fused-ring (bicyclic) bond motifs is 3. The lowest BCUT2D eigenvalue weighted by Crippen LogP contribution is -2.45. The lowest BCUT2D eigenvalue weighted by Gasteiger charge is -2.39. The second-order valence-electron chi connectivity index (χ2n) is 10.4. The van der Waals surface area contributed by atoms with Gasteiger partial charge in [-0.3, -0.25) is 9.59 Å². The van der Waals surface area contributed by atoms with Crippen molar-refractivity contribution in [3.05, 3.63) is 58.9 Å². The molecular weight excluding hydrogens is 438 g/mol. The largest absolute Gasteiger partial charge is 0.342 e. The number of piperidine rings is 1. The lowest BCUT2D eigenvalue weighted by molar-refractivity contribution is -0.136. The van der Waals surface area contributed by atoms with Crippen LogP contribution in [0.3, 0.4) is 0 Å². The second-order valence-corrected chi connectivity index (χ2v) is 10.4. The van der Waals surface area contributed by atoms with Crippen molar-refractivity contribution in [3.8, 4) is 6.07 Å². The number of carbonyl (C=O) groups is 2. The molecule has 7 nitrogen and oxygen atoms in total. The molecule has 7 heteroatoms. The molecule has 180 valence electrons. The topological polar surface area (TPSA) is 91.0 Å². The number of rotatable bonds is 4. The first-order valence-corrected chi connectivity index (χ1v) is 12.3. The summed E-state index contributed by atoms with van der Waals surface area (Å²) in [5.74, 6) is 1.27. The molecule has 2 atom stereocenters. The molecule has 0 spiro atoms. The summed E-state index contributed by atoms with van der Waals surface area (Å²) in [6.07, 6.45) is 6.17. The molecule has 0 radical (unpaired) electrons. The van der Waals surface area contributed by atoms with Crippen LogP contribution >= 0.6 is 0 Å². The standard InChI is InChI=1S/C28H31N5O2/c1-16(2)28(35)33-13-20-8-9-21(14-33)25(20)22-15-32(4)26-24(22)17(3)23(12-30-26)31-27(34)19-7-5-6-18(10-19)11-29/h5-7,10,12,15-16,20-21,25H,8-9,13-14H2,1-4H3,(H,31,34). The van der Waals surface area contributed by atoms with E-state index in [-0.39, 0.29) is 17.7 Å². The van der Waals surface area contributed by atoms with Gasteiger partial charge in [-0.25, -0.2) is 4.98 Å². The molecule has 1 aliphatic heterocycles. The highest BCUT2D eigenvalue weighted by molar-refractivity contribution is 6.06. The van der Waals surface area contributed by atoms with E-state index in [1.807, 2.05) is 27.8 Å². The van der Waals surface area contributed by atoms with Gasteiger partial charge in [0.05, 0.1) is 23.5 Å². The van der Waals surface area contributed by atoms with Crippen LogP contribution in [0.4, 0.5) is 5.69 Å². The first-order chi connectivity index (χ1) is 16.8. The van der Waals surface area contributed by atoms with Crippen molar-refractivity contribution in [1.29, 1.82) is 5.26 Å². The zero-order chi connectivity index (χ0) is 24.9. The Kier molecular flexibility index (Phi) is 5.84. The number of nitriles is 1. The molecule has 1 aliphatic carbocycles. The molecule has 35 heavy (non-hydrogen) atoms. The smallest absolute Gasteiger partial charge is 0.255 e. The maximum Gasteiger partial charge on any atom is 0.255 e. The van der Waals surface area contributed by atoms with Crippen molar-refractivity contribution in [1.82, 2.24) is 14.5 Å². The van der Waals surface area contributed by atoms with E-state index in [2.05, 4.69) is 27.0 Å². The highest BCUT2D eigenvalue weighted by Gasteiger charge is 2.45. The first kappa shape index (κ1) is 23.1. The maximum absolute atomic E-state index is 12.9. The van der Waals surface area contributed by atoms with Crippen molar-refractivity contribution >= 4 is 28.5 Å². The summed E-state index contributed by atoms with van der Waals surface area (Å²) in [5, 5.41) is 13.3. The molecule has 3 heterocycles. The molecule has 1 saturated heterocycles. The van der Waals surface area contributed by atoms with Gasteiger partial charge in [-0.05, 0) is 66.8 Å². The summed E-state index contributed by atoms with van der Waals surface area (Å²) >= 11 is 0. The molecule has 2 unspecified atom stereocenters. The van der Waals surface area contributed by atoms with Gasteiger partial charge in [-0.2, -0.15) is 5.26 Å². The number of nitrogens with zero attached hydrogens (tertiary/aromatic N) is 4. The average Bonchev–Trinajstić information content (AvgIpc) is 3.32. The van der Waals surface area contributed by atoms with E-state index < -0.39 is 0 Å². The molecule has 2 amide bonds. The van der Waals surface area contributed by atoms with Gasteiger partial charge in [0.15, 0.2) is 0 Å². The fourth-order valence-corrected chi connectivity index (χ4v) is 6.12. The zero-order valence-electron chi connectivity index (χ0n) is 20.7. The number of nitrogens with one attached hydrogen (secondary N) is 1. The van der Waals surface area contributed by atoms with E-state index in [9.17, 15) is 9.59 Å². The Morgan fingerprint density at radius 1 is 1.20 bits per heavy atom. The Bertz CT molecular complexity index is 1350. The Labute approximate surface area is 205 Å². The summed E-state index contributed by atoms with van der Waals surface area (Å²) in [5.41, 5.74) is 4.75. The number of benzene rings is 1. The fourth-order valence-electron chi connectivity index (χ4n) is 6.12. The van der Waals surface area contributed by atoms with Crippen LogP contribution in [-0.4, -0.2) is 39.4 Å². The minimum Gasteiger partial charge on any atom is -0.342 e. The van der Waals surface area contributed by atoms with Crippen LogP contribution in [0, 0.1) is 36.0 Å². The van der Waals surface area contributed by atoms with Crippen molar-refractivity contribution in [2.45, 2.75) is 39.5 Å². The maximum atomic E-state index is 12.9. The number of amides is 2. The quantitative estimate of drug-likeness (QED) is 0.604. The summed E-state index contributed by atoms with van der Waals surface area (Å²) in [6.45, 7) is 7.61. The van der Waals surface area contributed by atoms with Gasteiger partial charge in [-0.15, -0.1) is 0 Å². The molecule has 2 bridgehead atoms. The van der Waals surface area contributed by atoms with Crippen LogP contribution in [0.2, 0.25) is 0 Å². The zero-order valence-corrected chi connectivity index (χ0v) is 20.7. The number of hydrogen-bond acceptors (Lipinski definition) is 4. The number of pyridine rings is 1. The van der Waals surface area contributed by atoms with Gasteiger partial charge in [0.1, 0.15) is 5.65 Å². The lowest BCUT2D eigenvalue weighted by atomic mass is 9.79. The van der Waals surface area contributed by atoms with Crippen LogP contribution in [0.1, 0.15) is 59.7 Å². The van der Waals surface area contributed by atoms with Crippen LogP contribution in [0.15, 0.2) is 36.7 Å². The van der Waals surface area contributed by atoms with Crippen molar-refractivity contribution in [2.24, 2.45) is 24.8 Å². The van der Waals surface area contributed by atoms with E-state index in [0.29, 0.717) is 34.6 Å². The average molecular weight is 470 g/mol. The first-order valence-electron chi connectivity index (χ1n) is 12.3. The monoisotopic (exact) mass is 469 g/mol. The number of aromatic nitrogens is 2. The van der Waals surface area contributed by atoms with Gasteiger partial charge < -0.3 is 14.8 Å².